The van der Waals surface area contributed by atoms with E-state index in [0.29, 0.717) is 18.0 Å². The molecule has 0 amide bonds. The summed E-state index contributed by atoms with van der Waals surface area (Å²) in [4.78, 5) is 0. The van der Waals surface area contributed by atoms with Gasteiger partial charge in [0.1, 0.15) is 0 Å². The van der Waals surface area contributed by atoms with E-state index in [4.69, 9.17) is 0 Å². The molecule has 1 aromatic carbocycles. The van der Waals surface area contributed by atoms with Crippen molar-refractivity contribution in [3.8, 4) is 0 Å². The molecule has 0 bridgehead atoms. The van der Waals surface area contributed by atoms with Crippen molar-refractivity contribution in [1.82, 2.24) is 5.32 Å². The molecular weight excluding hydrogens is 239 g/mol. The normalized spacial score (nSPS) is 13.9. The van der Waals surface area contributed by atoms with Crippen molar-refractivity contribution in [2.24, 2.45) is 0 Å². The Morgan fingerprint density at radius 2 is 1.56 bits per heavy atom. The molecule has 0 aliphatic rings. The molecule has 0 aliphatic carbocycles. The maximum absolute atomic E-state index is 12.5. The van der Waals surface area contributed by atoms with Gasteiger partial charge in [0, 0.05) is 6.04 Å². The van der Waals surface area contributed by atoms with E-state index in [0.717, 1.165) is 5.56 Å². The van der Waals surface area contributed by atoms with Gasteiger partial charge in [0.2, 0.25) is 0 Å². The standard InChI is InChI=1S/C14H20F3N/c1-4-18-13(9-14(15,16)17)12-7-5-11(6-8-12)10(2)3/h5-8,10,13,18H,4,9H2,1-3H3. The van der Waals surface area contributed by atoms with E-state index in [1.165, 1.54) is 0 Å². The van der Waals surface area contributed by atoms with Crippen LogP contribution in [0.15, 0.2) is 24.3 Å². The summed E-state index contributed by atoms with van der Waals surface area (Å²) in [5.41, 5.74) is 1.83. The molecule has 0 spiro atoms. The van der Waals surface area contributed by atoms with E-state index in [-0.39, 0.29) is 0 Å². The lowest BCUT2D eigenvalue weighted by Gasteiger charge is -2.20. The number of halogens is 3. The number of hydrogen-bond acceptors (Lipinski definition) is 1. The Labute approximate surface area is 106 Å². The van der Waals surface area contributed by atoms with Gasteiger partial charge in [0.05, 0.1) is 6.42 Å². The Kier molecular flexibility index (Phi) is 5.20. The molecule has 0 aliphatic heterocycles. The largest absolute Gasteiger partial charge is 0.390 e. The lowest BCUT2D eigenvalue weighted by molar-refractivity contribution is -0.140. The highest BCUT2D eigenvalue weighted by Gasteiger charge is 2.32. The summed E-state index contributed by atoms with van der Waals surface area (Å²) in [5.74, 6) is 0.388. The second-order valence-electron chi connectivity index (χ2n) is 4.75. The fourth-order valence-electron chi connectivity index (χ4n) is 1.90. The molecule has 0 radical (unpaired) electrons. The van der Waals surface area contributed by atoms with Crippen LogP contribution in [0.3, 0.4) is 0 Å². The van der Waals surface area contributed by atoms with Crippen LogP contribution in [-0.2, 0) is 0 Å². The van der Waals surface area contributed by atoms with Crippen LogP contribution < -0.4 is 5.32 Å². The molecule has 1 nitrogen and oxygen atoms in total. The Morgan fingerprint density at radius 1 is 1.06 bits per heavy atom. The molecule has 102 valence electrons. The van der Waals surface area contributed by atoms with Gasteiger partial charge < -0.3 is 5.32 Å². The second-order valence-corrected chi connectivity index (χ2v) is 4.75. The first kappa shape index (κ1) is 15.0. The molecule has 1 unspecified atom stereocenters. The molecule has 1 rings (SSSR count). The van der Waals surface area contributed by atoms with Gasteiger partial charge in [-0.3, -0.25) is 0 Å². The van der Waals surface area contributed by atoms with Crippen molar-refractivity contribution in [2.75, 3.05) is 6.54 Å². The molecule has 0 saturated heterocycles. The lowest BCUT2D eigenvalue weighted by Crippen LogP contribution is -2.26. The first-order chi connectivity index (χ1) is 8.33. The van der Waals surface area contributed by atoms with Crippen LogP contribution in [0.5, 0.6) is 0 Å². The first-order valence-corrected chi connectivity index (χ1v) is 6.23. The molecule has 0 heterocycles. The minimum Gasteiger partial charge on any atom is -0.310 e. The van der Waals surface area contributed by atoms with E-state index in [2.05, 4.69) is 19.2 Å². The van der Waals surface area contributed by atoms with E-state index >= 15 is 0 Å². The van der Waals surface area contributed by atoms with Crippen LogP contribution in [0.4, 0.5) is 13.2 Å². The highest BCUT2D eigenvalue weighted by Crippen LogP contribution is 2.30. The van der Waals surface area contributed by atoms with E-state index in [1.807, 2.05) is 19.1 Å². The smallest absolute Gasteiger partial charge is 0.310 e. The van der Waals surface area contributed by atoms with Crippen molar-refractivity contribution in [2.45, 2.75) is 45.3 Å². The molecule has 0 aromatic heterocycles. The summed E-state index contributed by atoms with van der Waals surface area (Å²) in [6, 6.07) is 6.72. The van der Waals surface area contributed by atoms with Gasteiger partial charge in [-0.05, 0) is 23.6 Å². The van der Waals surface area contributed by atoms with Crippen molar-refractivity contribution in [3.05, 3.63) is 35.4 Å². The zero-order valence-corrected chi connectivity index (χ0v) is 11.0. The highest BCUT2D eigenvalue weighted by atomic mass is 19.4. The van der Waals surface area contributed by atoms with Crippen LogP contribution in [0.1, 0.15) is 50.3 Å². The predicted molar refractivity (Wildman–Crippen MR) is 67.6 cm³/mol. The number of alkyl halides is 3. The van der Waals surface area contributed by atoms with Crippen molar-refractivity contribution >= 4 is 0 Å². The average Bonchev–Trinajstić information content (AvgIpc) is 2.27. The molecule has 0 fully saturated rings. The molecule has 0 saturated carbocycles. The third-order valence-corrected chi connectivity index (χ3v) is 2.89. The van der Waals surface area contributed by atoms with Crippen molar-refractivity contribution in [1.29, 1.82) is 0 Å². The molecule has 1 atom stereocenters. The summed E-state index contributed by atoms with van der Waals surface area (Å²) in [6.07, 6.45) is -4.98. The van der Waals surface area contributed by atoms with Gasteiger partial charge >= 0.3 is 6.18 Å². The van der Waals surface area contributed by atoms with Gasteiger partial charge in [0.15, 0.2) is 0 Å². The predicted octanol–water partition coefficient (Wildman–Crippen LogP) is 4.41. The van der Waals surface area contributed by atoms with Gasteiger partial charge in [-0.15, -0.1) is 0 Å². The van der Waals surface area contributed by atoms with Crippen LogP contribution in [0.2, 0.25) is 0 Å². The maximum Gasteiger partial charge on any atom is 0.390 e. The number of hydrogen-bond donors (Lipinski definition) is 1. The summed E-state index contributed by atoms with van der Waals surface area (Å²) >= 11 is 0. The van der Waals surface area contributed by atoms with Crippen LogP contribution in [0.25, 0.3) is 0 Å². The number of benzene rings is 1. The minimum atomic E-state index is -4.15. The number of rotatable bonds is 5. The maximum atomic E-state index is 12.5. The summed E-state index contributed by atoms with van der Waals surface area (Å²) in [6.45, 7) is 6.46. The number of nitrogens with one attached hydrogen (secondary N) is 1. The fourth-order valence-corrected chi connectivity index (χ4v) is 1.90. The second kappa shape index (κ2) is 6.23. The van der Waals surface area contributed by atoms with Gasteiger partial charge in [0.25, 0.3) is 0 Å². The summed E-state index contributed by atoms with van der Waals surface area (Å²) in [5, 5.41) is 2.88. The Bertz CT molecular complexity index is 354. The molecule has 4 heteroatoms. The summed E-state index contributed by atoms with van der Waals surface area (Å²) in [7, 11) is 0. The van der Waals surface area contributed by atoms with Crippen molar-refractivity contribution in [3.63, 3.8) is 0 Å². The van der Waals surface area contributed by atoms with E-state index in [1.54, 1.807) is 12.1 Å². The van der Waals surface area contributed by atoms with Gasteiger partial charge in [-0.2, -0.15) is 13.2 Å². The first-order valence-electron chi connectivity index (χ1n) is 6.23. The lowest BCUT2D eigenvalue weighted by atomic mass is 9.97. The zero-order valence-electron chi connectivity index (χ0n) is 11.0. The Morgan fingerprint density at radius 3 is 1.94 bits per heavy atom. The highest BCUT2D eigenvalue weighted by molar-refractivity contribution is 5.27. The van der Waals surface area contributed by atoms with Gasteiger partial charge in [-0.25, -0.2) is 0 Å². The van der Waals surface area contributed by atoms with Crippen LogP contribution >= 0.6 is 0 Å². The topological polar surface area (TPSA) is 12.0 Å². The third-order valence-electron chi connectivity index (χ3n) is 2.89. The van der Waals surface area contributed by atoms with Crippen LogP contribution in [-0.4, -0.2) is 12.7 Å². The minimum absolute atomic E-state index is 0.388. The van der Waals surface area contributed by atoms with Crippen molar-refractivity contribution < 1.29 is 13.2 Å². The van der Waals surface area contributed by atoms with Gasteiger partial charge in [-0.1, -0.05) is 45.0 Å². The Balaban J connectivity index is 2.85. The Hall–Kier alpha value is -1.03. The average molecular weight is 259 g/mol. The monoisotopic (exact) mass is 259 g/mol. The molecule has 18 heavy (non-hydrogen) atoms. The quantitative estimate of drug-likeness (QED) is 0.825. The SMILES string of the molecule is CCNC(CC(F)(F)F)c1ccc(C(C)C)cc1. The fraction of sp³-hybridized carbons (Fsp3) is 0.571. The zero-order chi connectivity index (χ0) is 13.8. The molecule has 1 aromatic rings. The molecular formula is C14H20F3N. The summed E-state index contributed by atoms with van der Waals surface area (Å²) < 4.78 is 37.4. The van der Waals surface area contributed by atoms with E-state index in [9.17, 15) is 13.2 Å². The van der Waals surface area contributed by atoms with E-state index < -0.39 is 18.6 Å². The third kappa shape index (κ3) is 4.69. The molecule has 1 N–H and O–H groups in total. The van der Waals surface area contributed by atoms with Crippen LogP contribution in [0, 0.1) is 0 Å².